The Morgan fingerprint density at radius 2 is 1.78 bits per heavy atom. The van der Waals surface area contributed by atoms with Crippen molar-refractivity contribution in [2.24, 2.45) is 0 Å². The third-order valence-corrected chi connectivity index (χ3v) is 7.60. The number of aromatic nitrogens is 2. The van der Waals surface area contributed by atoms with Crippen LogP contribution in [0.3, 0.4) is 0 Å². The summed E-state index contributed by atoms with van der Waals surface area (Å²) < 4.78 is 0. The molecular weight excluding hydrogens is 424 g/mol. The number of aryl methyl sites for hydroxylation is 3. The second-order valence-corrected chi connectivity index (χ2v) is 9.75. The molecular formula is C24H26N4O3S. The van der Waals surface area contributed by atoms with E-state index in [1.807, 2.05) is 19.1 Å². The average molecular weight is 451 g/mol. The molecule has 1 N–H and O–H groups in total. The van der Waals surface area contributed by atoms with Crippen molar-refractivity contribution in [3.05, 3.63) is 62.0 Å². The van der Waals surface area contributed by atoms with Crippen LogP contribution in [-0.2, 0) is 24.2 Å². The number of Topliss-reactive ketones (excluding diaryl/α,β-unsaturated/α-hetero) is 1. The highest BCUT2D eigenvalue weighted by atomic mass is 32.1. The maximum atomic E-state index is 12.7. The molecule has 166 valence electrons. The van der Waals surface area contributed by atoms with E-state index in [0.717, 1.165) is 35.0 Å². The zero-order chi connectivity index (χ0) is 22.2. The molecule has 1 aliphatic carbocycles. The molecule has 0 atom stereocenters. The Balaban J connectivity index is 1.23. The van der Waals surface area contributed by atoms with Gasteiger partial charge in [0, 0.05) is 36.6 Å². The van der Waals surface area contributed by atoms with Gasteiger partial charge in [-0.3, -0.25) is 19.3 Å². The molecule has 2 aliphatic rings. The normalized spacial score (nSPS) is 16.8. The van der Waals surface area contributed by atoms with Gasteiger partial charge in [-0.15, -0.1) is 11.3 Å². The molecule has 32 heavy (non-hydrogen) atoms. The van der Waals surface area contributed by atoms with Crippen LogP contribution in [0.1, 0.15) is 45.0 Å². The Kier molecular flexibility index (Phi) is 5.65. The summed E-state index contributed by atoms with van der Waals surface area (Å²) in [6, 6.07) is 7.08. The van der Waals surface area contributed by atoms with Crippen LogP contribution in [0.2, 0.25) is 0 Å². The van der Waals surface area contributed by atoms with Crippen LogP contribution in [-0.4, -0.2) is 57.6 Å². The third kappa shape index (κ3) is 4.00. The van der Waals surface area contributed by atoms with E-state index in [2.05, 4.69) is 9.88 Å². The van der Waals surface area contributed by atoms with Gasteiger partial charge in [0.05, 0.1) is 11.9 Å². The number of amides is 1. The van der Waals surface area contributed by atoms with Gasteiger partial charge in [0.1, 0.15) is 10.7 Å². The zero-order valence-corrected chi connectivity index (χ0v) is 19.0. The van der Waals surface area contributed by atoms with Gasteiger partial charge in [-0.2, -0.15) is 0 Å². The fourth-order valence-corrected chi connectivity index (χ4v) is 5.86. The van der Waals surface area contributed by atoms with Gasteiger partial charge < -0.3 is 9.88 Å². The number of carbonyl (C=O) groups excluding carboxylic acids is 2. The highest BCUT2D eigenvalue weighted by Gasteiger charge is 2.27. The molecule has 8 heteroatoms. The van der Waals surface area contributed by atoms with Crippen molar-refractivity contribution >= 4 is 33.2 Å². The van der Waals surface area contributed by atoms with Crippen LogP contribution in [0.15, 0.2) is 29.1 Å². The number of nitrogens with one attached hydrogen (secondary N) is 1. The topological polar surface area (TPSA) is 86.4 Å². The van der Waals surface area contributed by atoms with Gasteiger partial charge >= 0.3 is 0 Å². The number of fused-ring (bicyclic) bond motifs is 3. The van der Waals surface area contributed by atoms with Crippen molar-refractivity contribution in [1.29, 1.82) is 0 Å². The quantitative estimate of drug-likeness (QED) is 0.488. The number of ketones is 1. The first-order valence-electron chi connectivity index (χ1n) is 11.2. The highest BCUT2D eigenvalue weighted by molar-refractivity contribution is 7.18. The van der Waals surface area contributed by atoms with E-state index < -0.39 is 11.7 Å². The Morgan fingerprint density at radius 1 is 1.06 bits per heavy atom. The first kappa shape index (κ1) is 21.0. The predicted octanol–water partition coefficient (Wildman–Crippen LogP) is 2.70. The minimum Gasteiger partial charge on any atom is -0.333 e. The molecule has 5 rings (SSSR count). The number of thiophene rings is 1. The molecule has 0 radical (unpaired) electrons. The minimum atomic E-state index is -0.462. The van der Waals surface area contributed by atoms with Gasteiger partial charge in [-0.25, -0.2) is 4.98 Å². The lowest BCUT2D eigenvalue weighted by Gasteiger charge is -2.34. The van der Waals surface area contributed by atoms with E-state index in [1.54, 1.807) is 28.4 Å². The van der Waals surface area contributed by atoms with Gasteiger partial charge in [0.2, 0.25) is 5.78 Å². The SMILES string of the molecule is Cc1ccc(C(=O)C(=O)N2CCN(Cc3nc4sc5c(c4c(=O)[nH]3)CCCC5)CC2)cc1. The lowest BCUT2D eigenvalue weighted by molar-refractivity contribution is -0.128. The van der Waals surface area contributed by atoms with E-state index >= 15 is 0 Å². The molecule has 0 unspecified atom stereocenters. The van der Waals surface area contributed by atoms with Crippen LogP contribution < -0.4 is 5.56 Å². The van der Waals surface area contributed by atoms with E-state index in [0.29, 0.717) is 44.1 Å². The van der Waals surface area contributed by atoms with Crippen molar-refractivity contribution in [3.8, 4) is 0 Å². The Morgan fingerprint density at radius 3 is 2.53 bits per heavy atom. The second-order valence-electron chi connectivity index (χ2n) is 8.67. The summed E-state index contributed by atoms with van der Waals surface area (Å²) in [5.74, 6) is -0.251. The summed E-state index contributed by atoms with van der Waals surface area (Å²) in [7, 11) is 0. The number of rotatable bonds is 4. The molecule has 0 spiro atoms. The van der Waals surface area contributed by atoms with Crippen molar-refractivity contribution < 1.29 is 9.59 Å². The lowest BCUT2D eigenvalue weighted by Crippen LogP contribution is -2.50. The maximum Gasteiger partial charge on any atom is 0.295 e. The molecule has 2 aromatic heterocycles. The Labute approximate surface area is 190 Å². The first-order valence-corrected chi connectivity index (χ1v) is 12.0. The number of piperazine rings is 1. The number of H-pyrrole nitrogens is 1. The summed E-state index contributed by atoms with van der Waals surface area (Å²) in [6.07, 6.45) is 4.33. The van der Waals surface area contributed by atoms with Crippen molar-refractivity contribution in [2.45, 2.75) is 39.2 Å². The van der Waals surface area contributed by atoms with E-state index in [-0.39, 0.29) is 5.56 Å². The largest absolute Gasteiger partial charge is 0.333 e. The molecule has 3 aromatic rings. The molecule has 1 amide bonds. The molecule has 3 heterocycles. The Bertz CT molecular complexity index is 1240. The summed E-state index contributed by atoms with van der Waals surface area (Å²) in [5, 5.41) is 0.776. The molecule has 0 bridgehead atoms. The standard InChI is InChI=1S/C24H26N4O3S/c1-15-6-8-16(9-7-15)21(29)24(31)28-12-10-27(11-13-28)14-19-25-22(30)20-17-4-2-3-5-18(17)32-23(20)26-19/h6-9H,2-5,10-14H2,1H3,(H,25,26,30). The second kappa shape index (κ2) is 8.60. The molecule has 1 fully saturated rings. The number of hydrogen-bond donors (Lipinski definition) is 1. The van der Waals surface area contributed by atoms with Crippen molar-refractivity contribution in [3.63, 3.8) is 0 Å². The van der Waals surface area contributed by atoms with Crippen LogP contribution in [0.5, 0.6) is 0 Å². The van der Waals surface area contributed by atoms with Crippen LogP contribution >= 0.6 is 11.3 Å². The Hall–Kier alpha value is -2.84. The van der Waals surface area contributed by atoms with Crippen LogP contribution in [0, 0.1) is 6.92 Å². The zero-order valence-electron chi connectivity index (χ0n) is 18.1. The number of benzene rings is 1. The molecule has 1 aliphatic heterocycles. The molecule has 1 aromatic carbocycles. The first-order chi connectivity index (χ1) is 15.5. The van der Waals surface area contributed by atoms with E-state index in [1.165, 1.54) is 16.9 Å². The molecule has 1 saturated heterocycles. The van der Waals surface area contributed by atoms with Gasteiger partial charge in [-0.05, 0) is 38.2 Å². The summed E-state index contributed by atoms with van der Waals surface area (Å²) in [6.45, 7) is 4.71. The van der Waals surface area contributed by atoms with Crippen molar-refractivity contribution in [1.82, 2.24) is 19.8 Å². The predicted molar refractivity (Wildman–Crippen MR) is 124 cm³/mol. The fourth-order valence-electron chi connectivity index (χ4n) is 4.58. The monoisotopic (exact) mass is 450 g/mol. The number of hydrogen-bond acceptors (Lipinski definition) is 6. The van der Waals surface area contributed by atoms with E-state index in [9.17, 15) is 14.4 Å². The van der Waals surface area contributed by atoms with Crippen LogP contribution in [0.25, 0.3) is 10.2 Å². The number of aromatic amines is 1. The highest BCUT2D eigenvalue weighted by Crippen LogP contribution is 2.33. The third-order valence-electron chi connectivity index (χ3n) is 6.41. The average Bonchev–Trinajstić information content (AvgIpc) is 3.18. The maximum absolute atomic E-state index is 12.7. The van der Waals surface area contributed by atoms with Gasteiger partial charge in [0.25, 0.3) is 11.5 Å². The lowest BCUT2D eigenvalue weighted by atomic mass is 9.97. The fraction of sp³-hybridized carbons (Fsp3) is 0.417. The smallest absolute Gasteiger partial charge is 0.295 e. The molecule has 0 saturated carbocycles. The summed E-state index contributed by atoms with van der Waals surface area (Å²) >= 11 is 1.66. The van der Waals surface area contributed by atoms with Crippen LogP contribution in [0.4, 0.5) is 0 Å². The van der Waals surface area contributed by atoms with Crippen molar-refractivity contribution in [2.75, 3.05) is 26.2 Å². The number of carbonyl (C=O) groups is 2. The molecule has 7 nitrogen and oxygen atoms in total. The van der Waals surface area contributed by atoms with E-state index in [4.69, 9.17) is 4.98 Å². The van der Waals surface area contributed by atoms with Gasteiger partial charge in [0.15, 0.2) is 0 Å². The minimum absolute atomic E-state index is 0.0399. The number of nitrogens with zero attached hydrogens (tertiary/aromatic N) is 3. The van der Waals surface area contributed by atoms with Gasteiger partial charge in [-0.1, -0.05) is 29.8 Å². The summed E-state index contributed by atoms with van der Waals surface area (Å²) in [4.78, 5) is 51.6. The summed E-state index contributed by atoms with van der Waals surface area (Å²) in [5.41, 5.74) is 2.63.